The lowest BCUT2D eigenvalue weighted by Gasteiger charge is -2.16. The Morgan fingerprint density at radius 2 is 2.17 bits per heavy atom. The molecular weight excluding hydrogens is 332 g/mol. The highest BCUT2D eigenvalue weighted by Gasteiger charge is 2.26. The number of benzene rings is 1. The summed E-state index contributed by atoms with van der Waals surface area (Å²) in [4.78, 5) is 4.61. The third-order valence-electron chi connectivity index (χ3n) is 3.72. The molecule has 0 saturated carbocycles. The summed E-state index contributed by atoms with van der Waals surface area (Å²) >= 11 is 1.58. The van der Waals surface area contributed by atoms with Gasteiger partial charge in [-0.15, -0.1) is 11.3 Å². The Kier molecular flexibility index (Phi) is 4.44. The molecule has 1 aliphatic rings. The van der Waals surface area contributed by atoms with Crippen LogP contribution in [0.2, 0.25) is 0 Å². The molecule has 7 heteroatoms. The molecule has 0 N–H and O–H groups in total. The first-order valence-corrected chi connectivity index (χ1v) is 10.2. The Balaban J connectivity index is 1.83. The van der Waals surface area contributed by atoms with Crippen LogP contribution in [0.15, 0.2) is 23.6 Å². The minimum absolute atomic E-state index is 0.185. The summed E-state index contributed by atoms with van der Waals surface area (Å²) in [6.07, 6.45) is 2.17. The summed E-state index contributed by atoms with van der Waals surface area (Å²) in [5, 5.41) is 2.97. The average Bonchev–Trinajstić information content (AvgIpc) is 3.10. The molecule has 23 heavy (non-hydrogen) atoms. The lowest BCUT2D eigenvalue weighted by atomic mass is 10.1. The average molecular weight is 352 g/mol. The van der Waals surface area contributed by atoms with Gasteiger partial charge in [0.05, 0.1) is 30.3 Å². The Morgan fingerprint density at radius 3 is 2.87 bits per heavy atom. The Morgan fingerprint density at radius 1 is 1.39 bits per heavy atom. The molecule has 0 atom stereocenters. The van der Waals surface area contributed by atoms with Crippen molar-refractivity contribution in [3.63, 3.8) is 0 Å². The van der Waals surface area contributed by atoms with Crippen molar-refractivity contribution in [2.75, 3.05) is 17.1 Å². The topological polar surface area (TPSA) is 59.5 Å². The zero-order chi connectivity index (χ0) is 16.6. The van der Waals surface area contributed by atoms with Crippen LogP contribution in [-0.2, 0) is 27.8 Å². The number of rotatable bonds is 5. The van der Waals surface area contributed by atoms with E-state index in [4.69, 9.17) is 4.74 Å². The summed E-state index contributed by atoms with van der Waals surface area (Å²) < 4.78 is 30.6. The lowest BCUT2D eigenvalue weighted by Crippen LogP contribution is -2.27. The molecule has 0 aliphatic carbocycles. The number of hydrogen-bond donors (Lipinski definition) is 0. The predicted molar refractivity (Wildman–Crippen MR) is 93.4 cm³/mol. The summed E-state index contributed by atoms with van der Waals surface area (Å²) in [5.41, 5.74) is 3.78. The van der Waals surface area contributed by atoms with Gasteiger partial charge in [0.15, 0.2) is 0 Å². The fraction of sp³-hybridized carbons (Fsp3) is 0.438. The van der Waals surface area contributed by atoms with Gasteiger partial charge in [-0.1, -0.05) is 6.07 Å². The Labute approximate surface area is 141 Å². The van der Waals surface area contributed by atoms with Crippen LogP contribution in [-0.4, -0.2) is 32.3 Å². The molecule has 0 unspecified atom stereocenters. The van der Waals surface area contributed by atoms with Gasteiger partial charge in [0.25, 0.3) is 0 Å². The summed E-state index contributed by atoms with van der Waals surface area (Å²) in [6.45, 7) is 5.04. The molecule has 0 radical (unpaired) electrons. The number of hydrogen-bond acceptors (Lipinski definition) is 5. The van der Waals surface area contributed by atoms with E-state index in [1.165, 1.54) is 10.6 Å². The van der Waals surface area contributed by atoms with Crippen molar-refractivity contribution in [2.45, 2.75) is 33.0 Å². The molecule has 0 spiro atoms. The maximum absolute atomic E-state index is 11.8. The normalized spacial score (nSPS) is 14.5. The van der Waals surface area contributed by atoms with Gasteiger partial charge in [-0.05, 0) is 38.0 Å². The summed E-state index contributed by atoms with van der Waals surface area (Å²) in [5.74, 6) is 0. The van der Waals surface area contributed by atoms with Crippen LogP contribution in [0.25, 0.3) is 11.3 Å². The summed E-state index contributed by atoms with van der Waals surface area (Å²) in [7, 11) is -3.20. The van der Waals surface area contributed by atoms with Gasteiger partial charge in [-0.25, -0.2) is 13.4 Å². The second-order valence-electron chi connectivity index (χ2n) is 5.91. The number of anilines is 1. The second-order valence-corrected chi connectivity index (χ2v) is 8.76. The fourth-order valence-electron chi connectivity index (χ4n) is 2.62. The predicted octanol–water partition coefficient (Wildman–Crippen LogP) is 3.06. The van der Waals surface area contributed by atoms with Crippen LogP contribution < -0.4 is 4.31 Å². The smallest absolute Gasteiger partial charge is 0.232 e. The summed E-state index contributed by atoms with van der Waals surface area (Å²) in [6, 6.07) is 5.86. The van der Waals surface area contributed by atoms with Gasteiger partial charge in [-0.3, -0.25) is 4.31 Å². The first kappa shape index (κ1) is 16.4. The largest absolute Gasteiger partial charge is 0.372 e. The van der Waals surface area contributed by atoms with E-state index < -0.39 is 10.0 Å². The van der Waals surface area contributed by atoms with Gasteiger partial charge in [-0.2, -0.15) is 0 Å². The number of nitrogens with zero attached hydrogens (tertiary/aromatic N) is 2. The number of fused-ring (bicyclic) bond motifs is 1. The molecule has 3 rings (SSSR count). The molecule has 1 aliphatic heterocycles. The number of aromatic nitrogens is 1. The van der Waals surface area contributed by atoms with Crippen molar-refractivity contribution in [1.29, 1.82) is 0 Å². The zero-order valence-corrected chi connectivity index (χ0v) is 15.1. The van der Waals surface area contributed by atoms with Crippen LogP contribution in [0.4, 0.5) is 5.69 Å². The SMILES string of the molecule is CC(C)OCc1nc(-c2ccc3c(c2)CCN3S(C)(=O)=O)cs1. The number of sulfonamides is 1. The Hall–Kier alpha value is -1.44. The molecular formula is C16H20N2O3S2. The highest BCUT2D eigenvalue weighted by molar-refractivity contribution is 7.92. The highest BCUT2D eigenvalue weighted by Crippen LogP contribution is 2.34. The monoisotopic (exact) mass is 352 g/mol. The molecule has 0 amide bonds. The molecule has 0 bridgehead atoms. The van der Waals surface area contributed by atoms with Crippen molar-refractivity contribution < 1.29 is 13.2 Å². The van der Waals surface area contributed by atoms with E-state index in [1.54, 1.807) is 11.3 Å². The van der Waals surface area contributed by atoms with E-state index in [2.05, 4.69) is 4.98 Å². The third kappa shape index (κ3) is 3.57. The molecule has 2 aromatic rings. The highest BCUT2D eigenvalue weighted by atomic mass is 32.2. The molecule has 0 saturated heterocycles. The van der Waals surface area contributed by atoms with Crippen LogP contribution in [0.1, 0.15) is 24.4 Å². The fourth-order valence-corrected chi connectivity index (χ4v) is 4.30. The maximum atomic E-state index is 11.8. The minimum atomic E-state index is -3.20. The number of thiazole rings is 1. The van der Waals surface area contributed by atoms with Gasteiger partial charge in [0.2, 0.25) is 10.0 Å². The van der Waals surface area contributed by atoms with Crippen molar-refractivity contribution in [3.8, 4) is 11.3 Å². The van der Waals surface area contributed by atoms with Crippen molar-refractivity contribution in [1.82, 2.24) is 4.98 Å². The molecule has 2 heterocycles. The van der Waals surface area contributed by atoms with Gasteiger partial charge in [0, 0.05) is 17.5 Å². The van der Waals surface area contributed by atoms with Crippen molar-refractivity contribution in [2.24, 2.45) is 0 Å². The van der Waals surface area contributed by atoms with E-state index in [-0.39, 0.29) is 6.10 Å². The van der Waals surface area contributed by atoms with Crippen LogP contribution in [0.5, 0.6) is 0 Å². The van der Waals surface area contributed by atoms with Gasteiger partial charge >= 0.3 is 0 Å². The molecule has 1 aromatic heterocycles. The van der Waals surface area contributed by atoms with Crippen molar-refractivity contribution >= 4 is 27.0 Å². The second kappa shape index (κ2) is 6.22. The first-order valence-electron chi connectivity index (χ1n) is 7.51. The van der Waals surface area contributed by atoms with Crippen LogP contribution in [0.3, 0.4) is 0 Å². The van der Waals surface area contributed by atoms with Crippen LogP contribution in [0, 0.1) is 0 Å². The Bertz CT molecular complexity index is 812. The van der Waals surface area contributed by atoms with Gasteiger partial charge in [0.1, 0.15) is 5.01 Å². The van der Waals surface area contributed by atoms with E-state index in [1.807, 2.05) is 37.4 Å². The van der Waals surface area contributed by atoms with E-state index >= 15 is 0 Å². The van der Waals surface area contributed by atoms with Gasteiger partial charge < -0.3 is 4.74 Å². The third-order valence-corrected chi connectivity index (χ3v) is 5.72. The lowest BCUT2D eigenvalue weighted by molar-refractivity contribution is 0.0656. The van der Waals surface area contributed by atoms with E-state index in [9.17, 15) is 8.42 Å². The quantitative estimate of drug-likeness (QED) is 0.830. The maximum Gasteiger partial charge on any atom is 0.232 e. The van der Waals surface area contributed by atoms with Crippen LogP contribution >= 0.6 is 11.3 Å². The van der Waals surface area contributed by atoms with Crippen molar-refractivity contribution in [3.05, 3.63) is 34.2 Å². The zero-order valence-electron chi connectivity index (χ0n) is 13.4. The molecule has 1 aromatic carbocycles. The molecule has 5 nitrogen and oxygen atoms in total. The minimum Gasteiger partial charge on any atom is -0.372 e. The first-order chi connectivity index (χ1) is 10.8. The number of ether oxygens (including phenoxy) is 1. The standard InChI is InChI=1S/C16H20N2O3S2/c1-11(2)21-9-16-17-14(10-22-16)12-4-5-15-13(8-12)6-7-18(15)23(3,19)20/h4-5,8,10-11H,6-7,9H2,1-3H3. The molecule has 0 fully saturated rings. The van der Waals surface area contributed by atoms with E-state index in [0.717, 1.165) is 33.9 Å². The van der Waals surface area contributed by atoms with E-state index in [0.29, 0.717) is 13.2 Å². The molecule has 124 valence electrons.